The van der Waals surface area contributed by atoms with Crippen molar-refractivity contribution < 1.29 is 18.8 Å². The Morgan fingerprint density at radius 2 is 1.75 bits per heavy atom. The number of rotatable bonds is 4. The number of halogens is 1. The molecular formula is C21H23FN6O4. The highest BCUT2D eigenvalue weighted by atomic mass is 19.1. The van der Waals surface area contributed by atoms with Gasteiger partial charge in [0.05, 0.1) is 18.3 Å². The van der Waals surface area contributed by atoms with Crippen LogP contribution in [0.15, 0.2) is 41.2 Å². The van der Waals surface area contributed by atoms with E-state index in [1.54, 1.807) is 17.0 Å². The zero-order chi connectivity index (χ0) is 22.8. The summed E-state index contributed by atoms with van der Waals surface area (Å²) in [7, 11) is 1.44. The predicted molar refractivity (Wildman–Crippen MR) is 112 cm³/mol. The second-order valence-electron chi connectivity index (χ2n) is 7.76. The van der Waals surface area contributed by atoms with Gasteiger partial charge in [-0.15, -0.1) is 0 Å². The van der Waals surface area contributed by atoms with Crippen LogP contribution in [0.3, 0.4) is 0 Å². The molecule has 4 amide bonds. The van der Waals surface area contributed by atoms with Crippen molar-refractivity contribution in [2.24, 2.45) is 0 Å². The molecule has 4 rings (SSSR count). The molecule has 0 saturated carbocycles. The number of nitrogens with one attached hydrogen (secondary N) is 1. The first-order chi connectivity index (χ1) is 15.3. The van der Waals surface area contributed by atoms with E-state index in [1.807, 2.05) is 4.90 Å². The summed E-state index contributed by atoms with van der Waals surface area (Å²) in [5, 5.41) is 7.05. The molecule has 1 aromatic heterocycles. The van der Waals surface area contributed by atoms with Crippen LogP contribution in [0.2, 0.25) is 0 Å². The highest BCUT2D eigenvalue weighted by molar-refractivity contribution is 5.96. The Bertz CT molecular complexity index is 1080. The van der Waals surface area contributed by atoms with Gasteiger partial charge in [-0.3, -0.25) is 24.2 Å². The normalized spacial score (nSPS) is 19.8. The Morgan fingerprint density at radius 1 is 1.06 bits per heavy atom. The highest BCUT2D eigenvalue weighted by Gasteiger charge is 2.34. The molecule has 1 atom stereocenters. The quantitative estimate of drug-likeness (QED) is 0.719. The number of piperazine rings is 1. The molecule has 168 valence electrons. The molecule has 1 aromatic carbocycles. The van der Waals surface area contributed by atoms with Crippen LogP contribution in [-0.2, 0) is 16.1 Å². The van der Waals surface area contributed by atoms with Crippen molar-refractivity contribution >= 4 is 17.8 Å². The number of aromatic nitrogens is 2. The number of urea groups is 1. The second kappa shape index (κ2) is 8.87. The third-order valence-corrected chi connectivity index (χ3v) is 5.74. The molecule has 1 unspecified atom stereocenters. The zero-order valence-electron chi connectivity index (χ0n) is 17.5. The summed E-state index contributed by atoms with van der Waals surface area (Å²) < 4.78 is 14.3. The van der Waals surface area contributed by atoms with Crippen LogP contribution in [0.25, 0.3) is 11.3 Å². The third-order valence-electron chi connectivity index (χ3n) is 5.74. The van der Waals surface area contributed by atoms with Gasteiger partial charge in [-0.05, 0) is 30.3 Å². The summed E-state index contributed by atoms with van der Waals surface area (Å²) in [6.45, 7) is 1.58. The zero-order valence-corrected chi connectivity index (χ0v) is 17.5. The van der Waals surface area contributed by atoms with E-state index in [1.165, 1.54) is 31.3 Å². The highest BCUT2D eigenvalue weighted by Crippen LogP contribution is 2.16. The summed E-state index contributed by atoms with van der Waals surface area (Å²) in [5.41, 5.74) is 0.691. The lowest BCUT2D eigenvalue weighted by Crippen LogP contribution is -2.62. The van der Waals surface area contributed by atoms with Gasteiger partial charge in [-0.2, -0.15) is 5.10 Å². The van der Waals surface area contributed by atoms with Gasteiger partial charge in [0.25, 0.3) is 5.56 Å². The minimum atomic E-state index is -0.434. The number of nitrogens with zero attached hydrogens (tertiary/aromatic N) is 5. The lowest BCUT2D eigenvalue weighted by molar-refractivity contribution is -0.136. The largest absolute Gasteiger partial charge is 0.339 e. The van der Waals surface area contributed by atoms with Crippen LogP contribution < -0.4 is 10.9 Å². The van der Waals surface area contributed by atoms with Crippen LogP contribution in [0.5, 0.6) is 0 Å². The lowest BCUT2D eigenvalue weighted by Gasteiger charge is -2.41. The van der Waals surface area contributed by atoms with E-state index in [4.69, 9.17) is 0 Å². The van der Waals surface area contributed by atoms with Crippen molar-refractivity contribution in [2.45, 2.75) is 19.1 Å². The fourth-order valence-electron chi connectivity index (χ4n) is 3.77. The van der Waals surface area contributed by atoms with Crippen molar-refractivity contribution in [2.75, 3.05) is 33.2 Å². The van der Waals surface area contributed by atoms with E-state index in [2.05, 4.69) is 10.4 Å². The number of benzene rings is 1. The molecule has 2 aliphatic rings. The first-order valence-electron chi connectivity index (χ1n) is 10.2. The Labute approximate surface area is 183 Å². The van der Waals surface area contributed by atoms with Crippen LogP contribution >= 0.6 is 0 Å². The molecule has 2 aliphatic heterocycles. The average molecular weight is 442 g/mol. The maximum absolute atomic E-state index is 13.2. The smallest absolute Gasteiger partial charge is 0.325 e. The fraction of sp³-hybridized carbons (Fsp3) is 0.381. The van der Waals surface area contributed by atoms with Gasteiger partial charge >= 0.3 is 6.03 Å². The lowest BCUT2D eigenvalue weighted by atomic mass is 10.1. The number of amides is 4. The van der Waals surface area contributed by atoms with Crippen LogP contribution in [0.4, 0.5) is 9.18 Å². The van der Waals surface area contributed by atoms with Crippen molar-refractivity contribution in [1.29, 1.82) is 0 Å². The fourth-order valence-corrected chi connectivity index (χ4v) is 3.77. The third kappa shape index (κ3) is 4.52. The molecule has 0 spiro atoms. The monoisotopic (exact) mass is 442 g/mol. The topological polar surface area (TPSA) is 108 Å². The van der Waals surface area contributed by atoms with Crippen molar-refractivity contribution in [3.8, 4) is 11.3 Å². The molecule has 0 bridgehead atoms. The predicted octanol–water partition coefficient (Wildman–Crippen LogP) is 0.0914. The van der Waals surface area contributed by atoms with Crippen molar-refractivity contribution in [1.82, 2.24) is 29.8 Å². The van der Waals surface area contributed by atoms with Crippen molar-refractivity contribution in [3.05, 3.63) is 52.6 Å². The molecule has 1 N–H and O–H groups in total. The summed E-state index contributed by atoms with van der Waals surface area (Å²) >= 11 is 0. The number of imide groups is 1. The van der Waals surface area contributed by atoms with Crippen LogP contribution in [0.1, 0.15) is 6.42 Å². The number of carbonyl (C=O) groups excluding carboxylic acids is 3. The van der Waals surface area contributed by atoms with E-state index in [-0.39, 0.29) is 36.8 Å². The first kappa shape index (κ1) is 21.6. The molecule has 11 heteroatoms. The van der Waals surface area contributed by atoms with Gasteiger partial charge in [0.1, 0.15) is 12.4 Å². The molecule has 2 aromatic rings. The molecule has 2 saturated heterocycles. The van der Waals surface area contributed by atoms with E-state index in [0.717, 1.165) is 9.58 Å². The van der Waals surface area contributed by atoms with Crippen LogP contribution in [0, 0.1) is 5.82 Å². The molecule has 2 fully saturated rings. The van der Waals surface area contributed by atoms with Gasteiger partial charge in [-0.25, -0.2) is 13.9 Å². The van der Waals surface area contributed by atoms with E-state index in [9.17, 15) is 23.6 Å². The Kier molecular flexibility index (Phi) is 5.99. The van der Waals surface area contributed by atoms with E-state index >= 15 is 0 Å². The molecule has 0 aliphatic carbocycles. The maximum atomic E-state index is 13.2. The van der Waals surface area contributed by atoms with Crippen molar-refractivity contribution in [3.63, 3.8) is 0 Å². The molecule has 10 nitrogen and oxygen atoms in total. The number of hydrogen-bond donors (Lipinski definition) is 1. The Balaban J connectivity index is 1.38. The SMILES string of the molecule is CN1C(=O)CC(N2CCN(C(=O)Cn3nc(-c4ccc(F)cc4)ccc3=O)CC2)NC1=O. The Morgan fingerprint density at radius 3 is 2.41 bits per heavy atom. The second-order valence-corrected chi connectivity index (χ2v) is 7.76. The minimum Gasteiger partial charge on any atom is -0.339 e. The minimum absolute atomic E-state index is 0.186. The maximum Gasteiger partial charge on any atom is 0.325 e. The summed E-state index contributed by atoms with van der Waals surface area (Å²) in [6.07, 6.45) is -0.203. The van der Waals surface area contributed by atoms with Gasteiger partial charge in [0, 0.05) is 44.9 Å². The van der Waals surface area contributed by atoms with Crippen LogP contribution in [-0.4, -0.2) is 81.7 Å². The molecular weight excluding hydrogens is 419 g/mol. The van der Waals surface area contributed by atoms with E-state index < -0.39 is 11.6 Å². The van der Waals surface area contributed by atoms with Gasteiger partial charge in [0.2, 0.25) is 11.8 Å². The van der Waals surface area contributed by atoms with Gasteiger partial charge in [0.15, 0.2) is 0 Å². The van der Waals surface area contributed by atoms with Gasteiger partial charge in [-0.1, -0.05) is 0 Å². The summed E-state index contributed by atoms with van der Waals surface area (Å²) in [5.74, 6) is -0.872. The summed E-state index contributed by atoms with van der Waals surface area (Å²) in [4.78, 5) is 53.4. The number of hydrogen-bond acceptors (Lipinski definition) is 6. The average Bonchev–Trinajstić information content (AvgIpc) is 2.79. The standard InChI is InChI=1S/C21H23FN6O4/c1-25-19(30)12-17(23-21(25)32)26-8-10-27(11-9-26)20(31)13-28-18(29)7-6-16(24-28)14-2-4-15(22)5-3-14/h2-7,17H,8-13H2,1H3,(H,23,32). The molecule has 3 heterocycles. The first-order valence-corrected chi connectivity index (χ1v) is 10.2. The van der Waals surface area contributed by atoms with E-state index in [0.29, 0.717) is 37.4 Å². The molecule has 0 radical (unpaired) electrons. The number of carbonyl (C=O) groups is 3. The molecule has 32 heavy (non-hydrogen) atoms. The van der Waals surface area contributed by atoms with Gasteiger partial charge < -0.3 is 10.2 Å². The Hall–Kier alpha value is -3.60. The summed E-state index contributed by atoms with van der Waals surface area (Å²) in [6, 6.07) is 8.15.